The molecule has 0 rings (SSSR count). The van der Waals surface area contributed by atoms with Crippen LogP contribution in [0.25, 0.3) is 0 Å². The van der Waals surface area contributed by atoms with E-state index in [1.54, 1.807) is 0 Å². The normalized spacial score (nSPS) is 13.3. The summed E-state index contributed by atoms with van der Waals surface area (Å²) < 4.78 is 23.0. The predicted octanol–water partition coefficient (Wildman–Crippen LogP) is 22.6. The smallest absolute Gasteiger partial charge is 0.361 e. The quantitative estimate of drug-likeness (QED) is 0.0211. The fraction of sp³-hybridized carbons (Fsp3) is 0.731. The monoisotopic (exact) mass is 1220 g/mol. The van der Waals surface area contributed by atoms with Crippen molar-refractivity contribution in [2.24, 2.45) is 0 Å². The Morgan fingerprint density at radius 2 is 0.655 bits per heavy atom. The number of ether oxygens (including phenoxy) is 4. The Hall–Kier alpha value is -4.05. The molecule has 2 unspecified atom stereocenters. The maximum atomic E-state index is 13.0. The van der Waals surface area contributed by atoms with Gasteiger partial charge in [-0.3, -0.25) is 9.59 Å². The minimum absolute atomic E-state index is 0.182. The zero-order valence-corrected chi connectivity index (χ0v) is 57.2. The SMILES string of the molecule is CC/C=C\C/C=C\C/C=C\C/C=C\C/C=C\C/C=C\C/C=C\C/C=C\C/C=C\CCCCCCCCCC(=O)OC(COC(=O)CCCCCCCCCCCCCCCCCCCCCCCCCCCCC)COC(OCC[N+](C)(C)C)C(=O)O. The number of likely N-dealkylation sites (N-methyl/N-ethyl adjacent to an activating group) is 1. The minimum atomic E-state index is -1.52. The highest BCUT2D eigenvalue weighted by molar-refractivity contribution is 5.71. The summed E-state index contributed by atoms with van der Waals surface area (Å²) in [5, 5.41) is 9.75. The van der Waals surface area contributed by atoms with E-state index in [1.807, 2.05) is 21.1 Å². The molecule has 0 heterocycles. The Bertz CT molecular complexity index is 1800. The molecule has 0 aliphatic rings. The minimum Gasteiger partial charge on any atom is -0.477 e. The molecule has 0 aromatic carbocycles. The molecule has 87 heavy (non-hydrogen) atoms. The van der Waals surface area contributed by atoms with E-state index in [4.69, 9.17) is 18.9 Å². The molecule has 0 amide bonds. The van der Waals surface area contributed by atoms with E-state index in [0.29, 0.717) is 23.9 Å². The molecule has 9 heteroatoms. The van der Waals surface area contributed by atoms with Gasteiger partial charge in [0.15, 0.2) is 6.10 Å². The lowest BCUT2D eigenvalue weighted by molar-refractivity contribution is -0.870. The van der Waals surface area contributed by atoms with E-state index in [9.17, 15) is 19.5 Å². The number of aliphatic carboxylic acids is 1. The van der Waals surface area contributed by atoms with E-state index in [2.05, 4.69) is 123 Å². The lowest BCUT2D eigenvalue weighted by atomic mass is 10.0. The van der Waals surface area contributed by atoms with Crippen LogP contribution in [0.1, 0.15) is 309 Å². The van der Waals surface area contributed by atoms with Crippen LogP contribution in [0.5, 0.6) is 0 Å². The molecule has 0 aliphatic heterocycles. The summed E-state index contributed by atoms with van der Waals surface area (Å²) >= 11 is 0. The first kappa shape index (κ1) is 83.0. The van der Waals surface area contributed by atoms with Gasteiger partial charge in [-0.15, -0.1) is 0 Å². The second-order valence-corrected chi connectivity index (χ2v) is 25.2. The van der Waals surface area contributed by atoms with Crippen LogP contribution in [0.4, 0.5) is 0 Å². The third-order valence-corrected chi connectivity index (χ3v) is 15.5. The Kier molecular flexibility index (Phi) is 64.7. The number of esters is 2. The number of hydrogen-bond acceptors (Lipinski definition) is 7. The standard InChI is InChI=1S/C78H135NO8/c1-6-8-10-12-14-16-18-20-22-24-26-28-30-32-34-35-36-37-38-39-40-41-43-45-47-49-51-53-55-57-59-61-63-65-67-69-76(81)87-74(73-86-78(77(82)83)84-71-70-79(3,4)5)72-85-75(80)68-66-64-62-60-58-56-54-52-50-48-46-44-42-33-31-29-27-25-23-21-19-17-15-13-11-9-7-2/h8,10,14,16,20,22,26,28,32,34,36-37,39-40,43,45,49,51,74,78H,6-7,9,11-13,15,17-19,21,23-25,27,29-31,33,35,38,41-42,44,46-48,50,52-73H2,1-5H3/p+1/b10-8-,16-14-,22-20-,28-26-,34-32-,37-36-,40-39-,45-43-,51-49-. The number of hydrogen-bond donors (Lipinski definition) is 1. The third kappa shape index (κ3) is 69.3. The highest BCUT2D eigenvalue weighted by Gasteiger charge is 2.25. The molecule has 0 aromatic rings. The summed E-state index contributed by atoms with van der Waals surface area (Å²) in [6, 6.07) is 0. The van der Waals surface area contributed by atoms with Crippen LogP contribution in [0.3, 0.4) is 0 Å². The molecular weight excluding hydrogens is 1080 g/mol. The van der Waals surface area contributed by atoms with Crippen LogP contribution in [0.2, 0.25) is 0 Å². The molecule has 0 fully saturated rings. The number of carbonyl (C=O) groups excluding carboxylic acids is 2. The first-order valence-corrected chi connectivity index (χ1v) is 36.1. The molecule has 0 saturated carbocycles. The largest absolute Gasteiger partial charge is 0.477 e. The molecule has 500 valence electrons. The summed E-state index contributed by atoms with van der Waals surface area (Å²) in [4.78, 5) is 37.6. The van der Waals surface area contributed by atoms with Gasteiger partial charge in [-0.2, -0.15) is 0 Å². The highest BCUT2D eigenvalue weighted by atomic mass is 16.7. The van der Waals surface area contributed by atoms with Crippen molar-refractivity contribution in [2.45, 2.75) is 322 Å². The van der Waals surface area contributed by atoms with E-state index in [-0.39, 0.29) is 32.2 Å². The van der Waals surface area contributed by atoms with Crippen molar-refractivity contribution < 1.29 is 42.9 Å². The van der Waals surface area contributed by atoms with Gasteiger partial charge in [0.05, 0.1) is 34.4 Å². The lowest BCUT2D eigenvalue weighted by Crippen LogP contribution is -2.40. The maximum absolute atomic E-state index is 13.0. The third-order valence-electron chi connectivity index (χ3n) is 15.5. The van der Waals surface area contributed by atoms with Crippen LogP contribution in [0.15, 0.2) is 109 Å². The van der Waals surface area contributed by atoms with Crippen molar-refractivity contribution in [1.29, 1.82) is 0 Å². The van der Waals surface area contributed by atoms with E-state index < -0.39 is 24.3 Å². The van der Waals surface area contributed by atoms with Crippen LogP contribution in [-0.2, 0) is 33.3 Å². The van der Waals surface area contributed by atoms with E-state index in [0.717, 1.165) is 103 Å². The molecule has 0 aliphatic carbocycles. The summed E-state index contributed by atoms with van der Waals surface area (Å²) in [5.74, 6) is -2.01. The zero-order valence-electron chi connectivity index (χ0n) is 57.2. The predicted molar refractivity (Wildman–Crippen MR) is 373 cm³/mol. The number of allylic oxidation sites excluding steroid dienone is 18. The van der Waals surface area contributed by atoms with Crippen LogP contribution < -0.4 is 0 Å². The number of carbonyl (C=O) groups is 3. The zero-order chi connectivity index (χ0) is 63.3. The van der Waals surface area contributed by atoms with Crippen LogP contribution in [-0.4, -0.2) is 87.4 Å². The lowest BCUT2D eigenvalue weighted by Gasteiger charge is -2.25. The molecule has 1 N–H and O–H groups in total. The van der Waals surface area contributed by atoms with Gasteiger partial charge in [0.25, 0.3) is 6.29 Å². The number of carboxylic acids is 1. The van der Waals surface area contributed by atoms with Crippen molar-refractivity contribution in [2.75, 3.05) is 47.5 Å². The van der Waals surface area contributed by atoms with Gasteiger partial charge >= 0.3 is 17.9 Å². The summed E-state index contributed by atoms with van der Waals surface area (Å²) in [5.41, 5.74) is 0. The molecule has 0 aromatic heterocycles. The van der Waals surface area contributed by atoms with Gasteiger partial charge in [0.1, 0.15) is 13.2 Å². The number of rotatable bonds is 66. The molecular formula is C78H136NO8+. The maximum Gasteiger partial charge on any atom is 0.361 e. The molecule has 0 bridgehead atoms. The van der Waals surface area contributed by atoms with Crippen molar-refractivity contribution in [1.82, 2.24) is 0 Å². The van der Waals surface area contributed by atoms with Gasteiger partial charge in [0, 0.05) is 12.8 Å². The van der Waals surface area contributed by atoms with E-state index in [1.165, 1.54) is 173 Å². The second kappa shape index (κ2) is 67.9. The molecule has 0 radical (unpaired) electrons. The highest BCUT2D eigenvalue weighted by Crippen LogP contribution is 2.18. The number of carboxylic acid groups (broad SMARTS) is 1. The average molecular weight is 1220 g/mol. The number of unbranched alkanes of at least 4 members (excludes halogenated alkanes) is 33. The Labute approximate surface area is 536 Å². The fourth-order valence-corrected chi connectivity index (χ4v) is 10.1. The fourth-order valence-electron chi connectivity index (χ4n) is 10.1. The molecule has 9 nitrogen and oxygen atoms in total. The van der Waals surface area contributed by atoms with Crippen LogP contribution in [0, 0.1) is 0 Å². The first-order chi connectivity index (χ1) is 42.6. The molecule has 2 atom stereocenters. The van der Waals surface area contributed by atoms with Gasteiger partial charge in [-0.05, 0) is 83.5 Å². The Morgan fingerprint density at radius 3 is 0.977 bits per heavy atom. The number of nitrogens with zero attached hydrogens (tertiary/aromatic N) is 1. The van der Waals surface area contributed by atoms with Crippen molar-refractivity contribution in [3.05, 3.63) is 109 Å². The van der Waals surface area contributed by atoms with Crippen molar-refractivity contribution in [3.63, 3.8) is 0 Å². The summed E-state index contributed by atoms with van der Waals surface area (Å²) in [6.07, 6.45) is 92.0. The van der Waals surface area contributed by atoms with E-state index >= 15 is 0 Å². The van der Waals surface area contributed by atoms with Crippen LogP contribution >= 0.6 is 0 Å². The Morgan fingerprint density at radius 1 is 0.356 bits per heavy atom. The number of quaternary nitrogens is 1. The van der Waals surface area contributed by atoms with Gasteiger partial charge in [-0.25, -0.2) is 4.79 Å². The first-order valence-electron chi connectivity index (χ1n) is 36.1. The Balaban J connectivity index is 4.16. The second-order valence-electron chi connectivity index (χ2n) is 25.2. The van der Waals surface area contributed by atoms with Gasteiger partial charge in [0.2, 0.25) is 0 Å². The summed E-state index contributed by atoms with van der Waals surface area (Å²) in [6.45, 7) is 4.78. The van der Waals surface area contributed by atoms with Crippen molar-refractivity contribution >= 4 is 17.9 Å². The van der Waals surface area contributed by atoms with Gasteiger partial charge in [-0.1, -0.05) is 322 Å². The topological polar surface area (TPSA) is 108 Å². The molecule has 0 saturated heterocycles. The van der Waals surface area contributed by atoms with Gasteiger partial charge < -0.3 is 28.5 Å². The summed E-state index contributed by atoms with van der Waals surface area (Å²) in [7, 11) is 5.97. The van der Waals surface area contributed by atoms with Crippen molar-refractivity contribution in [3.8, 4) is 0 Å². The molecule has 0 spiro atoms. The average Bonchev–Trinajstić information content (AvgIpc) is 3.56.